The first kappa shape index (κ1) is 10.2. The summed E-state index contributed by atoms with van der Waals surface area (Å²) in [6.07, 6.45) is 1.62. The Kier molecular flexibility index (Phi) is 3.03. The van der Waals surface area contributed by atoms with Crippen molar-refractivity contribution in [3.8, 4) is 0 Å². The van der Waals surface area contributed by atoms with E-state index in [2.05, 4.69) is 15.3 Å². The molecule has 0 atom stereocenters. The lowest BCUT2D eigenvalue weighted by Gasteiger charge is -2.02. The summed E-state index contributed by atoms with van der Waals surface area (Å²) in [5.41, 5.74) is 5.52. The topological polar surface area (TPSA) is 63.8 Å². The Bertz CT molecular complexity index is 457. The number of thiophene rings is 1. The number of hydrogen-bond donors (Lipinski definition) is 2. The van der Waals surface area contributed by atoms with E-state index < -0.39 is 0 Å². The molecule has 6 heteroatoms. The summed E-state index contributed by atoms with van der Waals surface area (Å²) in [5.74, 6) is 0.983. The van der Waals surface area contributed by atoms with E-state index in [0.29, 0.717) is 18.3 Å². The summed E-state index contributed by atoms with van der Waals surface area (Å²) in [5, 5.41) is 3.06. The first-order valence-corrected chi connectivity index (χ1v) is 5.50. The molecular weight excluding hydrogens is 232 g/mol. The van der Waals surface area contributed by atoms with Crippen molar-refractivity contribution in [3.05, 3.63) is 33.6 Å². The Morgan fingerprint density at radius 2 is 2.27 bits per heavy atom. The monoisotopic (exact) mass is 240 g/mol. The number of rotatable bonds is 3. The minimum absolute atomic E-state index is 0.455. The Balaban J connectivity index is 1.99. The SMILES string of the molecule is Nc1ccnc(NCc2ccc(Cl)s2)n1. The lowest BCUT2D eigenvalue weighted by atomic mass is 10.5. The van der Waals surface area contributed by atoms with Crippen LogP contribution in [0.2, 0.25) is 4.34 Å². The van der Waals surface area contributed by atoms with E-state index in [1.165, 1.54) is 11.3 Å². The summed E-state index contributed by atoms with van der Waals surface area (Å²) < 4.78 is 0.778. The maximum Gasteiger partial charge on any atom is 0.224 e. The molecule has 0 spiro atoms. The molecule has 78 valence electrons. The highest BCUT2D eigenvalue weighted by atomic mass is 35.5. The molecule has 2 aromatic rings. The fourth-order valence-corrected chi connectivity index (χ4v) is 2.10. The predicted molar refractivity (Wildman–Crippen MR) is 63.1 cm³/mol. The normalized spacial score (nSPS) is 10.2. The standard InChI is InChI=1S/C9H9ClN4S/c10-7-2-1-6(15-7)5-13-9-12-4-3-8(11)14-9/h1-4H,5H2,(H3,11,12,13,14). The molecule has 0 radical (unpaired) electrons. The summed E-state index contributed by atoms with van der Waals surface area (Å²) >= 11 is 7.33. The van der Waals surface area contributed by atoms with Crippen molar-refractivity contribution in [2.24, 2.45) is 0 Å². The molecule has 0 unspecified atom stereocenters. The molecular formula is C9H9ClN4S. The molecule has 0 aromatic carbocycles. The lowest BCUT2D eigenvalue weighted by molar-refractivity contribution is 1.08. The molecule has 2 rings (SSSR count). The van der Waals surface area contributed by atoms with Crippen LogP contribution < -0.4 is 11.1 Å². The van der Waals surface area contributed by atoms with E-state index >= 15 is 0 Å². The van der Waals surface area contributed by atoms with Crippen LogP contribution in [0, 0.1) is 0 Å². The Morgan fingerprint density at radius 1 is 1.40 bits per heavy atom. The third-order valence-corrected chi connectivity index (χ3v) is 2.96. The van der Waals surface area contributed by atoms with Gasteiger partial charge < -0.3 is 11.1 Å². The van der Waals surface area contributed by atoms with E-state index in [-0.39, 0.29) is 0 Å². The van der Waals surface area contributed by atoms with Crippen molar-refractivity contribution < 1.29 is 0 Å². The van der Waals surface area contributed by atoms with Crippen LogP contribution in [0.15, 0.2) is 24.4 Å². The summed E-state index contributed by atoms with van der Waals surface area (Å²) in [6.45, 7) is 0.654. The predicted octanol–water partition coefficient (Wildman–Crippen LogP) is 2.39. The Labute approximate surface area is 96.1 Å². The molecule has 3 N–H and O–H groups in total. The second-order valence-electron chi connectivity index (χ2n) is 2.86. The molecule has 0 saturated carbocycles. The molecule has 0 bridgehead atoms. The Morgan fingerprint density at radius 3 is 2.93 bits per heavy atom. The van der Waals surface area contributed by atoms with Gasteiger partial charge in [0.25, 0.3) is 0 Å². The molecule has 15 heavy (non-hydrogen) atoms. The lowest BCUT2D eigenvalue weighted by Crippen LogP contribution is -2.03. The zero-order valence-electron chi connectivity index (χ0n) is 7.77. The second kappa shape index (κ2) is 4.46. The van der Waals surface area contributed by atoms with E-state index in [1.807, 2.05) is 12.1 Å². The average molecular weight is 241 g/mol. The average Bonchev–Trinajstić information content (AvgIpc) is 2.62. The van der Waals surface area contributed by atoms with Gasteiger partial charge in [-0.25, -0.2) is 4.98 Å². The van der Waals surface area contributed by atoms with Gasteiger partial charge in [0.15, 0.2) is 0 Å². The highest BCUT2D eigenvalue weighted by Gasteiger charge is 1.99. The number of aromatic nitrogens is 2. The van der Waals surface area contributed by atoms with Gasteiger partial charge in [-0.15, -0.1) is 11.3 Å². The van der Waals surface area contributed by atoms with Crippen LogP contribution >= 0.6 is 22.9 Å². The smallest absolute Gasteiger partial charge is 0.224 e. The third kappa shape index (κ3) is 2.81. The number of halogens is 1. The van der Waals surface area contributed by atoms with Crippen LogP contribution in [-0.2, 0) is 6.54 Å². The Hall–Kier alpha value is -1.33. The highest BCUT2D eigenvalue weighted by Crippen LogP contribution is 2.21. The summed E-state index contributed by atoms with van der Waals surface area (Å²) in [7, 11) is 0. The molecule has 2 aromatic heterocycles. The summed E-state index contributed by atoms with van der Waals surface area (Å²) in [6, 6.07) is 5.48. The maximum absolute atomic E-state index is 5.81. The number of nitrogen functional groups attached to an aromatic ring is 1. The minimum Gasteiger partial charge on any atom is -0.384 e. The van der Waals surface area contributed by atoms with Crippen LogP contribution in [0.1, 0.15) is 4.88 Å². The number of nitrogens with zero attached hydrogens (tertiary/aromatic N) is 2. The van der Waals surface area contributed by atoms with Gasteiger partial charge in [-0.2, -0.15) is 4.98 Å². The second-order valence-corrected chi connectivity index (χ2v) is 4.66. The maximum atomic E-state index is 5.81. The van der Waals surface area contributed by atoms with Gasteiger partial charge in [-0.05, 0) is 18.2 Å². The zero-order chi connectivity index (χ0) is 10.7. The zero-order valence-corrected chi connectivity index (χ0v) is 9.35. The van der Waals surface area contributed by atoms with E-state index in [1.54, 1.807) is 12.3 Å². The molecule has 0 aliphatic carbocycles. The van der Waals surface area contributed by atoms with Crippen molar-refractivity contribution in [1.29, 1.82) is 0 Å². The molecule has 0 amide bonds. The van der Waals surface area contributed by atoms with E-state index in [0.717, 1.165) is 9.21 Å². The molecule has 0 aliphatic rings. The number of nitrogens with two attached hydrogens (primary N) is 1. The van der Waals surface area contributed by atoms with Crippen molar-refractivity contribution in [3.63, 3.8) is 0 Å². The third-order valence-electron chi connectivity index (χ3n) is 1.73. The molecule has 2 heterocycles. The van der Waals surface area contributed by atoms with E-state index in [4.69, 9.17) is 17.3 Å². The minimum atomic E-state index is 0.455. The van der Waals surface area contributed by atoms with Crippen LogP contribution in [0.3, 0.4) is 0 Å². The van der Waals surface area contributed by atoms with Crippen LogP contribution in [0.4, 0.5) is 11.8 Å². The van der Waals surface area contributed by atoms with Crippen LogP contribution in [-0.4, -0.2) is 9.97 Å². The van der Waals surface area contributed by atoms with Crippen LogP contribution in [0.25, 0.3) is 0 Å². The van der Waals surface area contributed by atoms with Crippen molar-refractivity contribution >= 4 is 34.7 Å². The van der Waals surface area contributed by atoms with Gasteiger partial charge >= 0.3 is 0 Å². The van der Waals surface area contributed by atoms with E-state index in [9.17, 15) is 0 Å². The van der Waals surface area contributed by atoms with Gasteiger partial charge in [0.2, 0.25) is 5.95 Å². The number of nitrogens with one attached hydrogen (secondary N) is 1. The largest absolute Gasteiger partial charge is 0.384 e. The fourth-order valence-electron chi connectivity index (χ4n) is 1.07. The van der Waals surface area contributed by atoms with Crippen LogP contribution in [0.5, 0.6) is 0 Å². The molecule has 4 nitrogen and oxygen atoms in total. The number of anilines is 2. The van der Waals surface area contributed by atoms with Crippen molar-refractivity contribution in [2.75, 3.05) is 11.1 Å². The van der Waals surface area contributed by atoms with Gasteiger partial charge in [-0.3, -0.25) is 0 Å². The van der Waals surface area contributed by atoms with Crippen molar-refractivity contribution in [1.82, 2.24) is 9.97 Å². The van der Waals surface area contributed by atoms with Gasteiger partial charge in [0.1, 0.15) is 5.82 Å². The molecule has 0 saturated heterocycles. The first-order valence-electron chi connectivity index (χ1n) is 4.30. The summed E-state index contributed by atoms with van der Waals surface area (Å²) in [4.78, 5) is 9.18. The van der Waals surface area contributed by atoms with Gasteiger partial charge in [-0.1, -0.05) is 11.6 Å². The van der Waals surface area contributed by atoms with Gasteiger partial charge in [0.05, 0.1) is 10.9 Å². The first-order chi connectivity index (χ1) is 7.24. The number of hydrogen-bond acceptors (Lipinski definition) is 5. The van der Waals surface area contributed by atoms with Crippen molar-refractivity contribution in [2.45, 2.75) is 6.54 Å². The molecule has 0 fully saturated rings. The molecule has 0 aliphatic heterocycles. The fraction of sp³-hybridized carbons (Fsp3) is 0.111. The highest BCUT2D eigenvalue weighted by molar-refractivity contribution is 7.16. The van der Waals surface area contributed by atoms with Gasteiger partial charge in [0, 0.05) is 11.1 Å². The quantitative estimate of drug-likeness (QED) is 0.865.